The lowest BCUT2D eigenvalue weighted by atomic mass is 10.3. The Morgan fingerprint density at radius 1 is 1.60 bits per heavy atom. The van der Waals surface area contributed by atoms with Gasteiger partial charge in [0.25, 0.3) is 0 Å². The van der Waals surface area contributed by atoms with Gasteiger partial charge in [0.1, 0.15) is 11.0 Å². The third kappa shape index (κ3) is 1.83. The van der Waals surface area contributed by atoms with E-state index in [0.717, 1.165) is 29.0 Å². The van der Waals surface area contributed by atoms with E-state index in [4.69, 9.17) is 0 Å². The normalized spacial score (nSPS) is 10.5. The smallest absolute Gasteiger partial charge is 0.134 e. The van der Waals surface area contributed by atoms with Gasteiger partial charge in [-0.25, -0.2) is 4.98 Å². The molecule has 0 aliphatic carbocycles. The lowest BCUT2D eigenvalue weighted by Gasteiger charge is -2.04. The molecule has 0 radical (unpaired) electrons. The van der Waals surface area contributed by atoms with Crippen molar-refractivity contribution in [1.29, 1.82) is 0 Å². The van der Waals surface area contributed by atoms with Gasteiger partial charge in [-0.1, -0.05) is 6.08 Å². The topological polar surface area (TPSA) is 42.7 Å². The molecule has 0 atom stereocenters. The maximum absolute atomic E-state index is 4.42. The van der Waals surface area contributed by atoms with Crippen molar-refractivity contribution in [1.82, 2.24) is 14.8 Å². The predicted octanol–water partition coefficient (Wildman–Crippen LogP) is 1.87. The second kappa shape index (κ2) is 3.73. The molecule has 0 aliphatic rings. The number of hydrogen-bond donors (Lipinski definition) is 1. The standard InChI is InChI=1S/C11H14N4/c1-4-5-12-9-6-8(2)13-10-7-15(3)14-11(9)10/h4,6-7,12H,1,5H2,2-3H3. The van der Waals surface area contributed by atoms with E-state index in [1.165, 1.54) is 0 Å². The van der Waals surface area contributed by atoms with Gasteiger partial charge >= 0.3 is 0 Å². The fourth-order valence-corrected chi connectivity index (χ4v) is 1.57. The number of pyridine rings is 1. The molecule has 0 spiro atoms. The van der Waals surface area contributed by atoms with Crippen molar-refractivity contribution in [3.8, 4) is 0 Å². The van der Waals surface area contributed by atoms with E-state index in [9.17, 15) is 0 Å². The molecule has 0 aliphatic heterocycles. The monoisotopic (exact) mass is 202 g/mol. The summed E-state index contributed by atoms with van der Waals surface area (Å²) in [5.74, 6) is 0. The lowest BCUT2D eigenvalue weighted by Crippen LogP contribution is -2.00. The number of nitrogens with one attached hydrogen (secondary N) is 1. The highest BCUT2D eigenvalue weighted by molar-refractivity contribution is 5.87. The third-order valence-corrected chi connectivity index (χ3v) is 2.15. The summed E-state index contributed by atoms with van der Waals surface area (Å²) in [4.78, 5) is 4.42. The Balaban J connectivity index is 2.54. The fourth-order valence-electron chi connectivity index (χ4n) is 1.57. The summed E-state index contributed by atoms with van der Waals surface area (Å²) in [6, 6.07) is 2.00. The van der Waals surface area contributed by atoms with E-state index in [1.807, 2.05) is 32.3 Å². The maximum Gasteiger partial charge on any atom is 0.134 e. The maximum atomic E-state index is 4.42. The van der Waals surface area contributed by atoms with Crippen LogP contribution in [0.25, 0.3) is 11.0 Å². The largest absolute Gasteiger partial charge is 0.380 e. The van der Waals surface area contributed by atoms with E-state index >= 15 is 0 Å². The molecular weight excluding hydrogens is 188 g/mol. The van der Waals surface area contributed by atoms with Gasteiger partial charge in [-0.15, -0.1) is 6.58 Å². The minimum absolute atomic E-state index is 0.731. The average molecular weight is 202 g/mol. The van der Waals surface area contributed by atoms with Crippen molar-refractivity contribution in [3.05, 3.63) is 30.6 Å². The second-order valence-corrected chi connectivity index (χ2v) is 3.52. The van der Waals surface area contributed by atoms with Crippen molar-refractivity contribution in [3.63, 3.8) is 0 Å². The van der Waals surface area contributed by atoms with Gasteiger partial charge in [-0.2, -0.15) is 5.10 Å². The van der Waals surface area contributed by atoms with Crippen LogP contribution in [0.15, 0.2) is 24.9 Å². The molecule has 0 saturated heterocycles. The first-order valence-corrected chi connectivity index (χ1v) is 4.86. The molecule has 4 nitrogen and oxygen atoms in total. The van der Waals surface area contributed by atoms with Gasteiger partial charge in [0.05, 0.1) is 11.9 Å². The Morgan fingerprint density at radius 3 is 3.13 bits per heavy atom. The highest BCUT2D eigenvalue weighted by atomic mass is 15.3. The number of hydrogen-bond acceptors (Lipinski definition) is 3. The molecule has 78 valence electrons. The molecule has 4 heteroatoms. The summed E-state index contributed by atoms with van der Waals surface area (Å²) in [5.41, 5.74) is 3.83. The van der Waals surface area contributed by atoms with Gasteiger partial charge in [0.15, 0.2) is 0 Å². The van der Waals surface area contributed by atoms with Crippen LogP contribution in [0.1, 0.15) is 5.69 Å². The summed E-state index contributed by atoms with van der Waals surface area (Å²) < 4.78 is 1.77. The summed E-state index contributed by atoms with van der Waals surface area (Å²) in [5, 5.41) is 7.62. The Morgan fingerprint density at radius 2 is 2.40 bits per heavy atom. The molecule has 0 saturated carbocycles. The molecule has 2 aromatic rings. The molecule has 0 fully saturated rings. The van der Waals surface area contributed by atoms with Crippen molar-refractivity contribution < 1.29 is 0 Å². The zero-order chi connectivity index (χ0) is 10.8. The van der Waals surface area contributed by atoms with Crippen LogP contribution in [0.3, 0.4) is 0 Å². The highest BCUT2D eigenvalue weighted by Crippen LogP contribution is 2.20. The van der Waals surface area contributed by atoms with E-state index in [-0.39, 0.29) is 0 Å². The van der Waals surface area contributed by atoms with Gasteiger partial charge in [-0.3, -0.25) is 4.68 Å². The Kier molecular flexibility index (Phi) is 2.41. The number of aryl methyl sites for hydroxylation is 2. The Bertz CT molecular complexity index is 499. The molecule has 2 rings (SSSR count). The van der Waals surface area contributed by atoms with E-state index in [2.05, 4.69) is 22.0 Å². The first-order valence-electron chi connectivity index (χ1n) is 4.86. The summed E-state index contributed by atoms with van der Waals surface area (Å²) in [7, 11) is 1.90. The molecular formula is C11H14N4. The summed E-state index contributed by atoms with van der Waals surface area (Å²) >= 11 is 0. The van der Waals surface area contributed by atoms with Crippen molar-refractivity contribution in [2.45, 2.75) is 6.92 Å². The summed E-state index contributed by atoms with van der Waals surface area (Å²) in [6.45, 7) is 6.39. The molecule has 15 heavy (non-hydrogen) atoms. The van der Waals surface area contributed by atoms with Gasteiger partial charge in [0.2, 0.25) is 0 Å². The Hall–Kier alpha value is -1.84. The molecule has 2 aromatic heterocycles. The van der Waals surface area contributed by atoms with Crippen LogP contribution < -0.4 is 5.32 Å². The van der Waals surface area contributed by atoms with Crippen molar-refractivity contribution >= 4 is 16.7 Å². The molecule has 0 amide bonds. The van der Waals surface area contributed by atoms with E-state index in [0.29, 0.717) is 0 Å². The zero-order valence-electron chi connectivity index (χ0n) is 8.99. The minimum Gasteiger partial charge on any atom is -0.380 e. The predicted molar refractivity (Wildman–Crippen MR) is 61.9 cm³/mol. The third-order valence-electron chi connectivity index (χ3n) is 2.15. The van der Waals surface area contributed by atoms with Crippen LogP contribution in [0.2, 0.25) is 0 Å². The van der Waals surface area contributed by atoms with E-state index in [1.54, 1.807) is 4.68 Å². The van der Waals surface area contributed by atoms with Crippen molar-refractivity contribution in [2.24, 2.45) is 7.05 Å². The SMILES string of the molecule is C=CCNc1cc(C)nc2cn(C)nc12. The van der Waals surface area contributed by atoms with E-state index < -0.39 is 0 Å². The van der Waals surface area contributed by atoms with Crippen LogP contribution in [-0.2, 0) is 7.05 Å². The second-order valence-electron chi connectivity index (χ2n) is 3.52. The molecule has 0 bridgehead atoms. The fraction of sp³-hybridized carbons (Fsp3) is 0.273. The molecule has 2 heterocycles. The average Bonchev–Trinajstić information content (AvgIpc) is 2.54. The van der Waals surface area contributed by atoms with Gasteiger partial charge < -0.3 is 5.32 Å². The van der Waals surface area contributed by atoms with Crippen LogP contribution in [0.4, 0.5) is 5.69 Å². The first-order chi connectivity index (χ1) is 7.20. The van der Waals surface area contributed by atoms with Crippen LogP contribution in [0, 0.1) is 6.92 Å². The number of fused-ring (bicyclic) bond motifs is 1. The van der Waals surface area contributed by atoms with Crippen LogP contribution >= 0.6 is 0 Å². The van der Waals surface area contributed by atoms with Crippen LogP contribution in [-0.4, -0.2) is 21.3 Å². The van der Waals surface area contributed by atoms with Crippen LogP contribution in [0.5, 0.6) is 0 Å². The number of aromatic nitrogens is 3. The first kappa shape index (κ1) is 9.71. The molecule has 0 aromatic carbocycles. The Labute approximate surface area is 88.6 Å². The minimum atomic E-state index is 0.731. The quantitative estimate of drug-likeness (QED) is 0.773. The highest BCUT2D eigenvalue weighted by Gasteiger charge is 2.06. The number of rotatable bonds is 3. The molecule has 0 unspecified atom stereocenters. The number of nitrogens with zero attached hydrogens (tertiary/aromatic N) is 3. The van der Waals surface area contributed by atoms with Gasteiger partial charge in [-0.05, 0) is 13.0 Å². The van der Waals surface area contributed by atoms with Crippen molar-refractivity contribution in [2.75, 3.05) is 11.9 Å². The molecule has 1 N–H and O–H groups in total. The summed E-state index contributed by atoms with van der Waals surface area (Å²) in [6.07, 6.45) is 3.74. The number of anilines is 1. The lowest BCUT2D eigenvalue weighted by molar-refractivity contribution is 0.779. The zero-order valence-corrected chi connectivity index (χ0v) is 8.99. The van der Waals surface area contributed by atoms with Gasteiger partial charge in [0, 0.05) is 19.3 Å².